The van der Waals surface area contributed by atoms with Crippen LogP contribution in [0.15, 0.2) is 36.8 Å². The Morgan fingerprint density at radius 3 is 2.96 bits per heavy atom. The highest BCUT2D eigenvalue weighted by molar-refractivity contribution is 5.98. The zero-order chi connectivity index (χ0) is 16.2. The lowest BCUT2D eigenvalue weighted by molar-refractivity contribution is -0.125. The second-order valence-corrected chi connectivity index (χ2v) is 5.11. The lowest BCUT2D eigenvalue weighted by atomic mass is 10.1. The molecule has 23 heavy (non-hydrogen) atoms. The van der Waals surface area contributed by atoms with Gasteiger partial charge in [0.05, 0.1) is 29.9 Å². The average Bonchev–Trinajstić information content (AvgIpc) is 2.55. The van der Waals surface area contributed by atoms with Crippen molar-refractivity contribution in [3.05, 3.63) is 36.8 Å². The molecular formula is C16H16N4O3. The highest BCUT2D eigenvalue weighted by Gasteiger charge is 2.22. The molecule has 0 bridgehead atoms. The molecule has 3 rings (SSSR count). The Morgan fingerprint density at radius 2 is 2.26 bits per heavy atom. The highest BCUT2D eigenvalue weighted by atomic mass is 16.5. The number of hydrogen-bond donors (Lipinski definition) is 1. The molecule has 0 unspecified atom stereocenters. The number of hydrogen-bond acceptors (Lipinski definition) is 5. The molecule has 0 radical (unpaired) electrons. The summed E-state index contributed by atoms with van der Waals surface area (Å²) in [4.78, 5) is 33.6. The maximum absolute atomic E-state index is 12.0. The monoisotopic (exact) mass is 312 g/mol. The summed E-state index contributed by atoms with van der Waals surface area (Å²) in [6.45, 7) is 2.43. The number of aromatic nitrogens is 2. The van der Waals surface area contributed by atoms with E-state index in [1.165, 1.54) is 6.92 Å². The normalized spacial score (nSPS) is 14.7. The number of anilines is 2. The number of ether oxygens (including phenoxy) is 1. The van der Waals surface area contributed by atoms with Crippen molar-refractivity contribution in [2.75, 3.05) is 30.0 Å². The van der Waals surface area contributed by atoms with Crippen LogP contribution in [0.1, 0.15) is 6.92 Å². The highest BCUT2D eigenvalue weighted by Crippen LogP contribution is 2.29. The molecule has 0 aliphatic carbocycles. The first kappa shape index (κ1) is 15.1. The van der Waals surface area contributed by atoms with E-state index < -0.39 is 0 Å². The van der Waals surface area contributed by atoms with Gasteiger partial charge in [-0.05, 0) is 18.2 Å². The fourth-order valence-corrected chi connectivity index (χ4v) is 2.41. The van der Waals surface area contributed by atoms with Gasteiger partial charge < -0.3 is 15.0 Å². The van der Waals surface area contributed by atoms with Gasteiger partial charge in [-0.3, -0.25) is 19.6 Å². The largest absolute Gasteiger partial charge is 0.370 e. The first-order valence-electron chi connectivity index (χ1n) is 7.21. The van der Waals surface area contributed by atoms with Crippen molar-refractivity contribution in [1.29, 1.82) is 0 Å². The minimum atomic E-state index is -0.206. The second-order valence-electron chi connectivity index (χ2n) is 5.11. The van der Waals surface area contributed by atoms with Crippen molar-refractivity contribution in [3.8, 4) is 11.3 Å². The van der Waals surface area contributed by atoms with Gasteiger partial charge in [-0.15, -0.1) is 0 Å². The molecule has 1 aliphatic rings. The van der Waals surface area contributed by atoms with Gasteiger partial charge in [0, 0.05) is 31.4 Å². The second kappa shape index (κ2) is 6.53. The van der Waals surface area contributed by atoms with Crippen molar-refractivity contribution >= 4 is 23.2 Å². The Hall–Kier alpha value is -2.80. The fraction of sp³-hybridized carbons (Fsp3) is 0.250. The van der Waals surface area contributed by atoms with Gasteiger partial charge in [-0.25, -0.2) is 0 Å². The summed E-state index contributed by atoms with van der Waals surface area (Å²) in [5.41, 5.74) is 2.57. The summed E-state index contributed by atoms with van der Waals surface area (Å²) in [5.74, 6) is -0.330. The van der Waals surface area contributed by atoms with E-state index in [4.69, 9.17) is 4.74 Å². The van der Waals surface area contributed by atoms with Gasteiger partial charge in [0.15, 0.2) is 0 Å². The number of amides is 2. The van der Waals surface area contributed by atoms with E-state index in [0.29, 0.717) is 30.2 Å². The third-order valence-electron chi connectivity index (χ3n) is 3.42. The van der Waals surface area contributed by atoms with Crippen LogP contribution in [0.25, 0.3) is 11.3 Å². The molecule has 2 aromatic heterocycles. The van der Waals surface area contributed by atoms with Crippen LogP contribution in [0, 0.1) is 0 Å². The maximum atomic E-state index is 12.0. The summed E-state index contributed by atoms with van der Waals surface area (Å²) >= 11 is 0. The van der Waals surface area contributed by atoms with Gasteiger partial charge in [-0.2, -0.15) is 0 Å². The van der Waals surface area contributed by atoms with Gasteiger partial charge in [0.25, 0.3) is 5.91 Å². The van der Waals surface area contributed by atoms with Crippen LogP contribution >= 0.6 is 0 Å². The van der Waals surface area contributed by atoms with Gasteiger partial charge in [0.1, 0.15) is 6.61 Å². The molecule has 0 spiro atoms. The molecule has 1 aliphatic heterocycles. The summed E-state index contributed by atoms with van der Waals surface area (Å²) in [7, 11) is 0. The number of rotatable bonds is 3. The van der Waals surface area contributed by atoms with Crippen LogP contribution in [0.5, 0.6) is 0 Å². The summed E-state index contributed by atoms with van der Waals surface area (Å²) in [5, 5.41) is 2.77. The van der Waals surface area contributed by atoms with E-state index in [0.717, 1.165) is 5.56 Å². The van der Waals surface area contributed by atoms with Gasteiger partial charge in [-0.1, -0.05) is 0 Å². The van der Waals surface area contributed by atoms with Crippen molar-refractivity contribution in [3.63, 3.8) is 0 Å². The number of pyridine rings is 2. The number of carbonyl (C=O) groups excluding carboxylic acids is 2. The van der Waals surface area contributed by atoms with Crippen molar-refractivity contribution < 1.29 is 14.3 Å². The minimum Gasteiger partial charge on any atom is -0.370 e. The molecule has 1 fully saturated rings. The first-order chi connectivity index (χ1) is 11.1. The predicted octanol–water partition coefficient (Wildman–Crippen LogP) is 1.47. The van der Waals surface area contributed by atoms with Gasteiger partial charge >= 0.3 is 0 Å². The van der Waals surface area contributed by atoms with E-state index in [-0.39, 0.29) is 18.4 Å². The average molecular weight is 312 g/mol. The topological polar surface area (TPSA) is 84.4 Å². The van der Waals surface area contributed by atoms with Crippen LogP contribution in [0.2, 0.25) is 0 Å². The number of carbonyl (C=O) groups is 2. The smallest absolute Gasteiger partial charge is 0.253 e. The summed E-state index contributed by atoms with van der Waals surface area (Å²) < 4.78 is 5.13. The number of nitrogens with zero attached hydrogens (tertiary/aromatic N) is 3. The van der Waals surface area contributed by atoms with Crippen LogP contribution < -0.4 is 10.2 Å². The van der Waals surface area contributed by atoms with E-state index in [2.05, 4.69) is 15.3 Å². The van der Waals surface area contributed by atoms with Crippen molar-refractivity contribution in [2.24, 2.45) is 0 Å². The van der Waals surface area contributed by atoms with Crippen LogP contribution in [0.3, 0.4) is 0 Å². The fourth-order valence-electron chi connectivity index (χ4n) is 2.41. The SMILES string of the molecule is CC(=O)Nc1cc(N2CCOCC2=O)cnc1-c1cccnc1. The molecule has 118 valence electrons. The van der Waals surface area contributed by atoms with Crippen LogP contribution in [-0.2, 0) is 14.3 Å². The Balaban J connectivity index is 2.01. The molecule has 0 atom stereocenters. The molecule has 7 nitrogen and oxygen atoms in total. The molecule has 2 amide bonds. The van der Waals surface area contributed by atoms with Gasteiger partial charge in [0.2, 0.25) is 5.91 Å². The standard InChI is InChI=1S/C16H16N4O3/c1-11(21)19-14-7-13(20-5-6-23-10-15(20)22)9-18-16(14)12-3-2-4-17-8-12/h2-4,7-9H,5-6,10H2,1H3,(H,19,21). The molecule has 1 saturated heterocycles. The molecule has 2 aromatic rings. The van der Waals surface area contributed by atoms with Crippen molar-refractivity contribution in [2.45, 2.75) is 6.92 Å². The molecule has 1 N–H and O–H groups in total. The van der Waals surface area contributed by atoms with E-state index >= 15 is 0 Å². The Bertz CT molecular complexity index is 733. The predicted molar refractivity (Wildman–Crippen MR) is 84.9 cm³/mol. The van der Waals surface area contributed by atoms with Crippen LogP contribution in [0.4, 0.5) is 11.4 Å². The zero-order valence-electron chi connectivity index (χ0n) is 12.7. The summed E-state index contributed by atoms with van der Waals surface area (Å²) in [6.07, 6.45) is 4.96. The Labute approximate surface area is 133 Å². The summed E-state index contributed by atoms with van der Waals surface area (Å²) in [6, 6.07) is 5.41. The molecule has 7 heteroatoms. The molecule has 0 aromatic carbocycles. The van der Waals surface area contributed by atoms with Crippen molar-refractivity contribution in [1.82, 2.24) is 9.97 Å². The van der Waals surface area contributed by atoms with Crippen LogP contribution in [-0.4, -0.2) is 41.5 Å². The minimum absolute atomic E-state index is 0.0554. The quantitative estimate of drug-likeness (QED) is 0.927. The lowest BCUT2D eigenvalue weighted by Crippen LogP contribution is -2.41. The molecule has 0 saturated carbocycles. The first-order valence-corrected chi connectivity index (χ1v) is 7.21. The van der Waals surface area contributed by atoms with E-state index in [1.807, 2.05) is 6.07 Å². The molecule has 3 heterocycles. The Kier molecular flexibility index (Phi) is 4.29. The number of morpholine rings is 1. The number of nitrogens with one attached hydrogen (secondary N) is 1. The maximum Gasteiger partial charge on any atom is 0.253 e. The zero-order valence-corrected chi connectivity index (χ0v) is 12.7. The third-order valence-corrected chi connectivity index (χ3v) is 3.42. The third kappa shape index (κ3) is 3.35. The lowest BCUT2D eigenvalue weighted by Gasteiger charge is -2.27. The molecular weight excluding hydrogens is 296 g/mol. The van der Waals surface area contributed by atoms with E-state index in [1.54, 1.807) is 35.6 Å². The van der Waals surface area contributed by atoms with E-state index in [9.17, 15) is 9.59 Å². The Morgan fingerprint density at radius 1 is 1.39 bits per heavy atom.